The predicted octanol–water partition coefficient (Wildman–Crippen LogP) is 4.21. The van der Waals surface area contributed by atoms with Crippen LogP contribution in [0, 0.1) is 0 Å². The summed E-state index contributed by atoms with van der Waals surface area (Å²) in [6, 6.07) is 17.0. The van der Waals surface area contributed by atoms with Crippen molar-refractivity contribution in [3.05, 3.63) is 59.1 Å². The monoisotopic (exact) mass is 360 g/mol. The summed E-state index contributed by atoms with van der Waals surface area (Å²) in [5.74, 6) is 0. The Bertz CT molecular complexity index is 664. The minimum absolute atomic E-state index is 0.0490. The molecule has 0 aromatic heterocycles. The van der Waals surface area contributed by atoms with E-state index >= 15 is 0 Å². The molecule has 0 saturated carbocycles. The maximum absolute atomic E-state index is 6.06. The average molecular weight is 361 g/mol. The highest BCUT2D eigenvalue weighted by Gasteiger charge is 2.28. The van der Waals surface area contributed by atoms with E-state index in [1.165, 1.54) is 22.4 Å². The van der Waals surface area contributed by atoms with Crippen LogP contribution in [0.3, 0.4) is 0 Å². The molecule has 24 heavy (non-hydrogen) atoms. The van der Waals surface area contributed by atoms with Gasteiger partial charge in [0.15, 0.2) is 6.29 Å². The van der Waals surface area contributed by atoms with E-state index in [1.54, 1.807) is 0 Å². The van der Waals surface area contributed by atoms with E-state index < -0.39 is 8.07 Å². The van der Waals surface area contributed by atoms with E-state index in [0.29, 0.717) is 6.61 Å². The van der Waals surface area contributed by atoms with Gasteiger partial charge < -0.3 is 9.47 Å². The number of halogens is 1. The third-order valence-corrected chi connectivity index (χ3v) is 8.68. The molecule has 1 fully saturated rings. The first-order chi connectivity index (χ1) is 11.6. The molecule has 2 aromatic rings. The van der Waals surface area contributed by atoms with E-state index in [9.17, 15) is 0 Å². The zero-order valence-corrected chi connectivity index (χ0v) is 16.2. The highest BCUT2D eigenvalue weighted by atomic mass is 35.5. The molecule has 1 atom stereocenters. The van der Waals surface area contributed by atoms with Crippen molar-refractivity contribution in [2.45, 2.75) is 45.3 Å². The van der Waals surface area contributed by atoms with Crippen molar-refractivity contribution < 1.29 is 9.47 Å². The quantitative estimate of drug-likeness (QED) is 0.744. The summed E-state index contributed by atoms with van der Waals surface area (Å²) in [6.07, 6.45) is 3.29. The first-order valence-corrected chi connectivity index (χ1v) is 12.0. The first kappa shape index (κ1) is 17.7. The lowest BCUT2D eigenvalue weighted by atomic mass is 10.2. The van der Waals surface area contributed by atoms with Gasteiger partial charge in [-0.1, -0.05) is 66.3 Å². The lowest BCUT2D eigenvalue weighted by molar-refractivity contribution is -0.168. The van der Waals surface area contributed by atoms with Crippen molar-refractivity contribution in [2.24, 2.45) is 0 Å². The van der Waals surface area contributed by atoms with Gasteiger partial charge in [-0.15, -0.1) is 0 Å². The molecule has 2 nitrogen and oxygen atoms in total. The van der Waals surface area contributed by atoms with E-state index in [2.05, 4.69) is 49.5 Å². The Morgan fingerprint density at radius 1 is 1.08 bits per heavy atom. The molecule has 0 spiro atoms. The third kappa shape index (κ3) is 4.09. The molecule has 1 saturated heterocycles. The van der Waals surface area contributed by atoms with E-state index in [1.807, 2.05) is 12.1 Å². The zero-order chi connectivity index (χ0) is 17.0. The molecular weight excluding hydrogens is 336 g/mol. The molecule has 4 heteroatoms. The summed E-state index contributed by atoms with van der Waals surface area (Å²) in [7, 11) is -1.79. The van der Waals surface area contributed by atoms with E-state index in [4.69, 9.17) is 21.1 Å². The smallest absolute Gasteiger partial charge is 0.158 e. The normalized spacial score (nSPS) is 18.5. The second kappa shape index (κ2) is 7.83. The summed E-state index contributed by atoms with van der Waals surface area (Å²) < 4.78 is 11.7. The molecule has 0 bridgehead atoms. The molecule has 3 rings (SSSR count). The van der Waals surface area contributed by atoms with Crippen LogP contribution in [0.4, 0.5) is 0 Å². The Morgan fingerprint density at radius 3 is 2.54 bits per heavy atom. The maximum atomic E-state index is 6.06. The Labute approximate surface area is 150 Å². The number of rotatable bonds is 5. The van der Waals surface area contributed by atoms with Crippen molar-refractivity contribution in [2.75, 3.05) is 6.61 Å². The molecule has 1 unspecified atom stereocenters. The average Bonchev–Trinajstić information content (AvgIpc) is 2.61. The second-order valence-electron chi connectivity index (χ2n) is 6.90. The van der Waals surface area contributed by atoms with Gasteiger partial charge in [0.2, 0.25) is 0 Å². The van der Waals surface area contributed by atoms with E-state index in [-0.39, 0.29) is 6.29 Å². The molecular formula is C20H25ClO2Si. The van der Waals surface area contributed by atoms with Gasteiger partial charge in [0.25, 0.3) is 0 Å². The van der Waals surface area contributed by atoms with Gasteiger partial charge >= 0.3 is 0 Å². The van der Waals surface area contributed by atoms with Gasteiger partial charge in [-0.3, -0.25) is 0 Å². The summed E-state index contributed by atoms with van der Waals surface area (Å²) >= 11 is 6.06. The van der Waals surface area contributed by atoms with Crippen LogP contribution in [0.25, 0.3) is 0 Å². The predicted molar refractivity (Wildman–Crippen MR) is 103 cm³/mol. The second-order valence-corrected chi connectivity index (χ2v) is 11.7. The van der Waals surface area contributed by atoms with Crippen molar-refractivity contribution in [1.29, 1.82) is 0 Å². The van der Waals surface area contributed by atoms with Crippen molar-refractivity contribution >= 4 is 30.0 Å². The molecule has 128 valence electrons. The van der Waals surface area contributed by atoms with Crippen molar-refractivity contribution in [1.82, 2.24) is 0 Å². The SMILES string of the molecule is C[Si](C)(c1ccc(Cl)cc1)c1ccccc1COC1CCCCO1. The van der Waals surface area contributed by atoms with Crippen molar-refractivity contribution in [3.8, 4) is 0 Å². The van der Waals surface area contributed by atoms with Crippen LogP contribution in [0.15, 0.2) is 48.5 Å². The van der Waals surface area contributed by atoms with Gasteiger partial charge in [0.1, 0.15) is 8.07 Å². The molecule has 1 aliphatic heterocycles. The minimum atomic E-state index is -1.79. The molecule has 0 radical (unpaired) electrons. The van der Waals surface area contributed by atoms with Crippen LogP contribution in [0.2, 0.25) is 18.1 Å². The van der Waals surface area contributed by atoms with E-state index in [0.717, 1.165) is 24.5 Å². The Kier molecular flexibility index (Phi) is 5.77. The highest BCUT2D eigenvalue weighted by molar-refractivity contribution is 7.00. The highest BCUT2D eigenvalue weighted by Crippen LogP contribution is 2.17. The largest absolute Gasteiger partial charge is 0.353 e. The Balaban J connectivity index is 1.80. The van der Waals surface area contributed by atoms with Gasteiger partial charge in [-0.25, -0.2) is 0 Å². The maximum Gasteiger partial charge on any atom is 0.158 e. The third-order valence-electron chi connectivity index (χ3n) is 4.82. The number of hydrogen-bond donors (Lipinski definition) is 0. The number of ether oxygens (including phenoxy) is 2. The van der Waals surface area contributed by atoms with Crippen LogP contribution in [0.5, 0.6) is 0 Å². The Morgan fingerprint density at radius 2 is 1.83 bits per heavy atom. The van der Waals surface area contributed by atoms with Crippen LogP contribution in [-0.4, -0.2) is 21.0 Å². The topological polar surface area (TPSA) is 18.5 Å². The summed E-state index contributed by atoms with van der Waals surface area (Å²) in [6.45, 7) is 6.19. The first-order valence-electron chi connectivity index (χ1n) is 8.65. The van der Waals surface area contributed by atoms with Gasteiger partial charge in [0, 0.05) is 11.6 Å². The van der Waals surface area contributed by atoms with Crippen molar-refractivity contribution in [3.63, 3.8) is 0 Å². The standard InChI is InChI=1S/C20H25ClO2Si/c1-24(2,18-12-10-17(21)11-13-18)19-8-4-3-7-16(19)15-23-20-9-5-6-14-22-20/h3-4,7-8,10-13,20H,5-6,9,14-15H2,1-2H3. The molecule has 0 aliphatic carbocycles. The summed E-state index contributed by atoms with van der Waals surface area (Å²) in [5.41, 5.74) is 1.28. The number of hydrogen-bond acceptors (Lipinski definition) is 2. The van der Waals surface area contributed by atoms with Gasteiger partial charge in [-0.05, 0) is 42.1 Å². The van der Waals surface area contributed by atoms with Gasteiger partial charge in [0.05, 0.1) is 6.61 Å². The fourth-order valence-corrected chi connectivity index (χ4v) is 6.21. The fraction of sp³-hybridized carbons (Fsp3) is 0.400. The van der Waals surface area contributed by atoms with Crippen LogP contribution < -0.4 is 10.4 Å². The van der Waals surface area contributed by atoms with Gasteiger partial charge in [-0.2, -0.15) is 0 Å². The van der Waals surface area contributed by atoms with Crippen LogP contribution in [-0.2, 0) is 16.1 Å². The molecule has 0 N–H and O–H groups in total. The molecule has 1 aliphatic rings. The minimum Gasteiger partial charge on any atom is -0.353 e. The fourth-order valence-electron chi connectivity index (χ4n) is 3.30. The lowest BCUT2D eigenvalue weighted by Gasteiger charge is -2.28. The zero-order valence-electron chi connectivity index (χ0n) is 14.4. The van der Waals surface area contributed by atoms with Crippen LogP contribution in [0.1, 0.15) is 24.8 Å². The summed E-state index contributed by atoms with van der Waals surface area (Å²) in [5, 5.41) is 3.59. The molecule has 2 aromatic carbocycles. The van der Waals surface area contributed by atoms with Crippen LogP contribution >= 0.6 is 11.6 Å². The lowest BCUT2D eigenvalue weighted by Crippen LogP contribution is -2.54. The molecule has 1 heterocycles. The molecule has 0 amide bonds. The Hall–Kier alpha value is -1.13. The summed E-state index contributed by atoms with van der Waals surface area (Å²) in [4.78, 5) is 0. The number of benzene rings is 2.